The maximum Gasteiger partial charge on any atom is 0.0372 e. The van der Waals surface area contributed by atoms with E-state index in [1.165, 1.54) is 16.5 Å². The molecule has 1 aromatic rings. The Morgan fingerprint density at radius 2 is 1.94 bits per heavy atom. The van der Waals surface area contributed by atoms with E-state index in [4.69, 9.17) is 0 Å². The quantitative estimate of drug-likeness (QED) is 0.718. The average Bonchev–Trinajstić information content (AvgIpc) is 2.39. The number of allylic oxidation sites excluding steroid dienone is 2. The summed E-state index contributed by atoms with van der Waals surface area (Å²) in [7, 11) is 0. The predicted molar refractivity (Wildman–Crippen MR) is 83.3 cm³/mol. The molecule has 0 saturated carbocycles. The lowest BCUT2D eigenvalue weighted by Crippen LogP contribution is -2.28. The van der Waals surface area contributed by atoms with Crippen LogP contribution in [0.4, 0.5) is 5.69 Å². The molecule has 0 spiro atoms. The highest BCUT2D eigenvalue weighted by Crippen LogP contribution is 2.09. The van der Waals surface area contributed by atoms with E-state index < -0.39 is 0 Å². The molecule has 0 N–H and O–H groups in total. The molecule has 0 unspecified atom stereocenters. The van der Waals surface area contributed by atoms with Crippen LogP contribution in [-0.4, -0.2) is 13.1 Å². The minimum atomic E-state index is 1.00. The van der Waals surface area contributed by atoms with Crippen LogP contribution < -0.4 is 15.3 Å². The molecule has 98 valence electrons. The zero-order chi connectivity index (χ0) is 13.5. The van der Waals surface area contributed by atoms with Crippen molar-refractivity contribution in [2.24, 2.45) is 0 Å². The summed E-state index contributed by atoms with van der Waals surface area (Å²) in [5.74, 6) is 0. The Bertz CT molecular complexity index is 507. The van der Waals surface area contributed by atoms with Crippen molar-refractivity contribution in [3.8, 4) is 0 Å². The molecule has 0 amide bonds. The van der Waals surface area contributed by atoms with Gasteiger partial charge in [-0.1, -0.05) is 30.4 Å². The van der Waals surface area contributed by atoms with E-state index in [9.17, 15) is 0 Å². The summed E-state index contributed by atoms with van der Waals surface area (Å²) in [5.41, 5.74) is 2.68. The molecular weight excluding hydrogens is 218 g/mol. The van der Waals surface area contributed by atoms with Gasteiger partial charge in [-0.15, -0.1) is 0 Å². The van der Waals surface area contributed by atoms with E-state index in [0.717, 1.165) is 24.7 Å². The Labute approximate surface area is 111 Å². The normalized spacial score (nSPS) is 12.9. The molecule has 0 aliphatic rings. The van der Waals surface area contributed by atoms with E-state index in [1.54, 1.807) is 0 Å². The summed E-state index contributed by atoms with van der Waals surface area (Å²) >= 11 is 0. The highest BCUT2D eigenvalue weighted by atomic mass is 15.1. The van der Waals surface area contributed by atoms with Gasteiger partial charge in [-0.2, -0.15) is 0 Å². The molecule has 1 aromatic carbocycles. The molecule has 18 heavy (non-hydrogen) atoms. The first kappa shape index (κ1) is 14.6. The molecule has 0 aliphatic carbocycles. The molecule has 0 fully saturated rings. The summed E-state index contributed by atoms with van der Waals surface area (Å²) < 4.78 is 0. The van der Waals surface area contributed by atoms with Gasteiger partial charge in [0.2, 0.25) is 0 Å². The molecule has 1 nitrogen and oxygen atoms in total. The smallest absolute Gasteiger partial charge is 0.0372 e. The van der Waals surface area contributed by atoms with E-state index in [-0.39, 0.29) is 0 Å². The van der Waals surface area contributed by atoms with Gasteiger partial charge in [0.05, 0.1) is 0 Å². The average molecular weight is 243 g/mol. The highest BCUT2D eigenvalue weighted by Gasteiger charge is 2.00. The van der Waals surface area contributed by atoms with Crippen LogP contribution in [0.2, 0.25) is 0 Å². The van der Waals surface area contributed by atoms with E-state index >= 15 is 0 Å². The van der Waals surface area contributed by atoms with Gasteiger partial charge in [-0.3, -0.25) is 0 Å². The zero-order valence-corrected chi connectivity index (χ0v) is 12.2. The van der Waals surface area contributed by atoms with E-state index in [0.29, 0.717) is 0 Å². The van der Waals surface area contributed by atoms with Crippen molar-refractivity contribution in [3.05, 3.63) is 40.3 Å². The van der Waals surface area contributed by atoms with Gasteiger partial charge >= 0.3 is 0 Å². The fraction of sp³-hybridized carbons (Fsp3) is 0.412. The largest absolute Gasteiger partial charge is 0.372 e. The Balaban J connectivity index is 3.12. The predicted octanol–water partition coefficient (Wildman–Crippen LogP) is 3.08. The molecule has 1 heteroatoms. The minimum absolute atomic E-state index is 1.00. The highest BCUT2D eigenvalue weighted by molar-refractivity contribution is 5.48. The van der Waals surface area contributed by atoms with Crippen LogP contribution in [0.25, 0.3) is 12.7 Å². The summed E-state index contributed by atoms with van der Waals surface area (Å²) in [6.45, 7) is 14.8. The molecule has 1 rings (SSSR count). The van der Waals surface area contributed by atoms with Crippen LogP contribution >= 0.6 is 0 Å². The van der Waals surface area contributed by atoms with Crippen molar-refractivity contribution in [2.45, 2.75) is 34.1 Å². The third-order valence-electron chi connectivity index (χ3n) is 3.39. The number of hydrogen-bond acceptors (Lipinski definition) is 1. The third-order valence-corrected chi connectivity index (χ3v) is 3.39. The standard InChI is InChI=1S/C17H25N/c1-6-14(4)9-11-16-13-17(12-10-15(16)5)18(7-2)8-3/h6,10-13H,5,7-9H2,1-4H3. The van der Waals surface area contributed by atoms with Gasteiger partial charge in [0.1, 0.15) is 0 Å². The number of benzene rings is 1. The van der Waals surface area contributed by atoms with Crippen molar-refractivity contribution in [1.82, 2.24) is 0 Å². The summed E-state index contributed by atoms with van der Waals surface area (Å²) in [6.07, 6.45) is 5.43. The Hall–Kier alpha value is -1.50. The number of rotatable bonds is 5. The first-order valence-corrected chi connectivity index (χ1v) is 6.78. The van der Waals surface area contributed by atoms with Crippen LogP contribution in [0.15, 0.2) is 29.8 Å². The summed E-state index contributed by atoms with van der Waals surface area (Å²) in [6, 6.07) is 6.53. The van der Waals surface area contributed by atoms with Gasteiger partial charge in [-0.25, -0.2) is 0 Å². The van der Waals surface area contributed by atoms with Crippen molar-refractivity contribution >= 4 is 18.3 Å². The molecule has 0 aliphatic heterocycles. The van der Waals surface area contributed by atoms with Gasteiger partial charge in [0.25, 0.3) is 0 Å². The maximum atomic E-state index is 4.11. The lowest BCUT2D eigenvalue weighted by atomic mass is 10.1. The van der Waals surface area contributed by atoms with Crippen LogP contribution in [-0.2, 0) is 0 Å². The van der Waals surface area contributed by atoms with Crippen molar-refractivity contribution in [1.29, 1.82) is 0 Å². The molecule has 0 bridgehead atoms. The van der Waals surface area contributed by atoms with Crippen LogP contribution in [0.3, 0.4) is 0 Å². The van der Waals surface area contributed by atoms with E-state index in [2.05, 4.69) is 69.5 Å². The second kappa shape index (κ2) is 7.05. The summed E-state index contributed by atoms with van der Waals surface area (Å²) in [4.78, 5) is 2.36. The number of hydrogen-bond donors (Lipinski definition) is 0. The van der Waals surface area contributed by atoms with Gasteiger partial charge in [0, 0.05) is 18.8 Å². The second-order valence-electron chi connectivity index (χ2n) is 4.60. The van der Waals surface area contributed by atoms with Gasteiger partial charge in [0.15, 0.2) is 0 Å². The SMILES string of the molecule is C=c1ccc(N(CC)CC)cc1=CCC(C)=CC. The van der Waals surface area contributed by atoms with Gasteiger partial charge < -0.3 is 4.90 Å². The fourth-order valence-electron chi connectivity index (χ4n) is 1.95. The van der Waals surface area contributed by atoms with Crippen LogP contribution in [0, 0.1) is 0 Å². The lowest BCUT2D eigenvalue weighted by Gasteiger charge is -2.20. The lowest BCUT2D eigenvalue weighted by molar-refractivity contribution is 0.865. The first-order valence-electron chi connectivity index (χ1n) is 6.78. The second-order valence-corrected chi connectivity index (χ2v) is 4.60. The van der Waals surface area contributed by atoms with E-state index in [1.807, 2.05) is 0 Å². The third kappa shape index (κ3) is 3.76. The molecule has 0 saturated heterocycles. The van der Waals surface area contributed by atoms with Crippen LogP contribution in [0.1, 0.15) is 34.1 Å². The fourth-order valence-corrected chi connectivity index (χ4v) is 1.95. The molecular formula is C17H25N. The van der Waals surface area contributed by atoms with Gasteiger partial charge in [-0.05, 0) is 56.7 Å². The van der Waals surface area contributed by atoms with Crippen LogP contribution in [0.5, 0.6) is 0 Å². The number of anilines is 1. The van der Waals surface area contributed by atoms with Crippen molar-refractivity contribution in [2.75, 3.05) is 18.0 Å². The summed E-state index contributed by atoms with van der Waals surface area (Å²) in [5, 5.41) is 2.36. The Morgan fingerprint density at radius 1 is 1.28 bits per heavy atom. The Morgan fingerprint density at radius 3 is 2.50 bits per heavy atom. The van der Waals surface area contributed by atoms with Crippen molar-refractivity contribution < 1.29 is 0 Å². The maximum absolute atomic E-state index is 4.11. The number of nitrogens with zero attached hydrogens (tertiary/aromatic N) is 1. The topological polar surface area (TPSA) is 3.24 Å². The Kier molecular flexibility index (Phi) is 5.70. The molecule has 0 radical (unpaired) electrons. The molecule has 0 heterocycles. The molecule has 0 atom stereocenters. The zero-order valence-electron chi connectivity index (χ0n) is 12.2. The molecule has 0 aromatic heterocycles. The van der Waals surface area contributed by atoms with Crippen molar-refractivity contribution in [3.63, 3.8) is 0 Å². The monoisotopic (exact) mass is 243 g/mol. The minimum Gasteiger partial charge on any atom is -0.372 e. The first-order chi connectivity index (χ1) is 8.62.